The maximum absolute atomic E-state index is 12.7. The Labute approximate surface area is 154 Å². The molecule has 1 amide bonds. The normalized spacial score (nSPS) is 22.0. The molecule has 1 heterocycles. The molecule has 0 aliphatic carbocycles. The van der Waals surface area contributed by atoms with E-state index in [4.69, 9.17) is 0 Å². The molecule has 1 aromatic rings. The van der Waals surface area contributed by atoms with Crippen LogP contribution in [-0.2, 0) is 14.8 Å². The number of hydrogen-bond donors (Lipinski definition) is 2. The molecule has 1 aliphatic rings. The molecule has 144 valence electrons. The van der Waals surface area contributed by atoms with Gasteiger partial charge in [-0.15, -0.1) is 0 Å². The van der Waals surface area contributed by atoms with E-state index >= 15 is 0 Å². The van der Waals surface area contributed by atoms with Gasteiger partial charge < -0.3 is 10.0 Å². The molecule has 8 heteroatoms. The van der Waals surface area contributed by atoms with Gasteiger partial charge in [-0.2, -0.15) is 0 Å². The van der Waals surface area contributed by atoms with Gasteiger partial charge in [0.05, 0.1) is 10.8 Å². The van der Waals surface area contributed by atoms with Crippen molar-refractivity contribution in [3.05, 3.63) is 29.8 Å². The molecule has 3 unspecified atom stereocenters. The van der Waals surface area contributed by atoms with E-state index in [1.807, 2.05) is 13.8 Å². The summed E-state index contributed by atoms with van der Waals surface area (Å²) in [6.07, 6.45) is 1.23. The fourth-order valence-electron chi connectivity index (χ4n) is 3.07. The van der Waals surface area contributed by atoms with E-state index in [-0.39, 0.29) is 29.3 Å². The minimum absolute atomic E-state index is 0.102. The van der Waals surface area contributed by atoms with Gasteiger partial charge in [-0.05, 0) is 49.9 Å². The number of carboxylic acid groups (broad SMARTS) is 1. The van der Waals surface area contributed by atoms with E-state index in [0.29, 0.717) is 24.9 Å². The first-order chi connectivity index (χ1) is 12.1. The largest absolute Gasteiger partial charge is 0.481 e. The number of piperidine rings is 1. The van der Waals surface area contributed by atoms with Crippen molar-refractivity contribution in [3.8, 4) is 0 Å². The van der Waals surface area contributed by atoms with Gasteiger partial charge >= 0.3 is 5.97 Å². The molecule has 0 radical (unpaired) electrons. The zero-order chi connectivity index (χ0) is 19.5. The van der Waals surface area contributed by atoms with Crippen LogP contribution in [0.3, 0.4) is 0 Å². The number of carbonyl (C=O) groups excluding carboxylic acids is 1. The molecule has 1 aliphatic heterocycles. The van der Waals surface area contributed by atoms with E-state index in [0.717, 1.165) is 0 Å². The average Bonchev–Trinajstić information content (AvgIpc) is 2.60. The highest BCUT2D eigenvalue weighted by atomic mass is 32.2. The van der Waals surface area contributed by atoms with Crippen molar-refractivity contribution < 1.29 is 23.1 Å². The summed E-state index contributed by atoms with van der Waals surface area (Å²) in [5, 5.41) is 9.23. The summed E-state index contributed by atoms with van der Waals surface area (Å²) in [5.41, 5.74) is 0.353. The van der Waals surface area contributed by atoms with Gasteiger partial charge in [0.25, 0.3) is 5.91 Å². The third-order valence-electron chi connectivity index (χ3n) is 4.68. The Kier molecular flexibility index (Phi) is 6.41. The number of carbonyl (C=O) groups is 2. The fraction of sp³-hybridized carbons (Fsp3) is 0.556. The molecule has 0 bridgehead atoms. The first-order valence-corrected chi connectivity index (χ1v) is 10.3. The van der Waals surface area contributed by atoms with Crippen LogP contribution in [-0.4, -0.2) is 49.4 Å². The van der Waals surface area contributed by atoms with E-state index in [2.05, 4.69) is 4.72 Å². The highest BCUT2D eigenvalue weighted by Gasteiger charge is 2.32. The second-order valence-corrected chi connectivity index (χ2v) is 8.76. The molecule has 0 saturated carbocycles. The van der Waals surface area contributed by atoms with Crippen molar-refractivity contribution in [3.63, 3.8) is 0 Å². The van der Waals surface area contributed by atoms with Crippen molar-refractivity contribution in [2.24, 2.45) is 11.8 Å². The zero-order valence-corrected chi connectivity index (χ0v) is 16.1. The summed E-state index contributed by atoms with van der Waals surface area (Å²) in [4.78, 5) is 25.6. The molecule has 2 rings (SSSR count). The minimum Gasteiger partial charge on any atom is -0.481 e. The van der Waals surface area contributed by atoms with Crippen molar-refractivity contribution in [2.45, 2.75) is 44.6 Å². The molecule has 1 saturated heterocycles. The van der Waals surface area contributed by atoms with Crippen LogP contribution in [0.25, 0.3) is 0 Å². The van der Waals surface area contributed by atoms with Crippen molar-refractivity contribution in [2.75, 3.05) is 13.1 Å². The number of rotatable bonds is 6. The molecule has 0 aromatic heterocycles. The van der Waals surface area contributed by atoms with Crippen molar-refractivity contribution in [1.82, 2.24) is 9.62 Å². The van der Waals surface area contributed by atoms with Crippen LogP contribution < -0.4 is 4.72 Å². The first-order valence-electron chi connectivity index (χ1n) is 8.78. The Hall–Kier alpha value is -1.93. The van der Waals surface area contributed by atoms with Crippen LogP contribution in [0, 0.1) is 11.8 Å². The van der Waals surface area contributed by atoms with Gasteiger partial charge in [-0.1, -0.05) is 13.8 Å². The van der Waals surface area contributed by atoms with Gasteiger partial charge in [0.2, 0.25) is 10.0 Å². The van der Waals surface area contributed by atoms with Crippen LogP contribution >= 0.6 is 0 Å². The smallest absolute Gasteiger partial charge is 0.308 e. The Morgan fingerprint density at radius 1 is 1.27 bits per heavy atom. The molecule has 3 atom stereocenters. The van der Waals surface area contributed by atoms with Crippen LogP contribution in [0.5, 0.6) is 0 Å². The maximum Gasteiger partial charge on any atom is 0.308 e. The standard InChI is InChI=1S/C18H26N2O5S/c1-4-13(3)19-26(24,25)16-7-5-14(6-8-16)17(21)20-10-12(2)9-15(11-20)18(22)23/h5-8,12-13,15,19H,4,9-11H2,1-3H3,(H,22,23). The van der Waals surface area contributed by atoms with E-state index in [9.17, 15) is 23.1 Å². The molecule has 2 N–H and O–H groups in total. The number of carboxylic acids is 1. The number of amides is 1. The lowest BCUT2D eigenvalue weighted by Crippen LogP contribution is -2.45. The lowest BCUT2D eigenvalue weighted by Gasteiger charge is -2.34. The number of benzene rings is 1. The third kappa shape index (κ3) is 4.82. The Balaban J connectivity index is 2.14. The summed E-state index contributed by atoms with van der Waals surface area (Å²) in [7, 11) is -3.62. The molecule has 26 heavy (non-hydrogen) atoms. The number of hydrogen-bond acceptors (Lipinski definition) is 4. The summed E-state index contributed by atoms with van der Waals surface area (Å²) < 4.78 is 27.1. The molecule has 7 nitrogen and oxygen atoms in total. The predicted molar refractivity (Wildman–Crippen MR) is 97.3 cm³/mol. The number of aliphatic carboxylic acids is 1. The highest BCUT2D eigenvalue weighted by Crippen LogP contribution is 2.23. The highest BCUT2D eigenvalue weighted by molar-refractivity contribution is 7.89. The quantitative estimate of drug-likeness (QED) is 0.783. The second kappa shape index (κ2) is 8.18. The Morgan fingerprint density at radius 2 is 1.88 bits per heavy atom. The first kappa shape index (κ1) is 20.4. The third-order valence-corrected chi connectivity index (χ3v) is 6.28. The van der Waals surface area contributed by atoms with Crippen molar-refractivity contribution >= 4 is 21.9 Å². The Bertz CT molecular complexity index is 760. The summed E-state index contributed by atoms with van der Waals surface area (Å²) in [6.45, 7) is 6.27. The van der Waals surface area contributed by atoms with Crippen LogP contribution in [0.2, 0.25) is 0 Å². The van der Waals surface area contributed by atoms with Crippen LogP contribution in [0.15, 0.2) is 29.2 Å². The van der Waals surface area contributed by atoms with Gasteiger partial charge in [0.15, 0.2) is 0 Å². The van der Waals surface area contributed by atoms with E-state index in [1.54, 1.807) is 6.92 Å². The fourth-order valence-corrected chi connectivity index (χ4v) is 4.40. The van der Waals surface area contributed by atoms with Crippen LogP contribution in [0.4, 0.5) is 0 Å². The van der Waals surface area contributed by atoms with Gasteiger partial charge in [0.1, 0.15) is 0 Å². The lowest BCUT2D eigenvalue weighted by atomic mass is 9.90. The monoisotopic (exact) mass is 382 g/mol. The summed E-state index contributed by atoms with van der Waals surface area (Å²) in [6, 6.07) is 5.58. The second-order valence-electron chi connectivity index (χ2n) is 7.04. The summed E-state index contributed by atoms with van der Waals surface area (Å²) in [5.74, 6) is -1.64. The van der Waals surface area contributed by atoms with Gasteiger partial charge in [-0.25, -0.2) is 13.1 Å². The zero-order valence-electron chi connectivity index (χ0n) is 15.3. The van der Waals surface area contributed by atoms with Crippen LogP contribution in [0.1, 0.15) is 44.0 Å². The Morgan fingerprint density at radius 3 is 2.42 bits per heavy atom. The summed E-state index contributed by atoms with van der Waals surface area (Å²) >= 11 is 0. The minimum atomic E-state index is -3.62. The predicted octanol–water partition coefficient (Wildman–Crippen LogP) is 1.95. The number of sulfonamides is 1. The van der Waals surface area contributed by atoms with Gasteiger partial charge in [-0.3, -0.25) is 9.59 Å². The lowest BCUT2D eigenvalue weighted by molar-refractivity contribution is -0.143. The maximum atomic E-state index is 12.7. The number of nitrogens with one attached hydrogen (secondary N) is 1. The SMILES string of the molecule is CCC(C)NS(=O)(=O)c1ccc(C(=O)N2CC(C)CC(C(=O)O)C2)cc1. The average molecular weight is 382 g/mol. The van der Waals surface area contributed by atoms with Crippen molar-refractivity contribution in [1.29, 1.82) is 0 Å². The molecule has 1 fully saturated rings. The number of nitrogens with zero attached hydrogens (tertiary/aromatic N) is 1. The molecule has 0 spiro atoms. The molecular weight excluding hydrogens is 356 g/mol. The van der Waals surface area contributed by atoms with Gasteiger partial charge in [0, 0.05) is 24.7 Å². The van der Waals surface area contributed by atoms with E-state index in [1.165, 1.54) is 29.2 Å². The topological polar surface area (TPSA) is 104 Å². The number of likely N-dealkylation sites (tertiary alicyclic amines) is 1. The van der Waals surface area contributed by atoms with E-state index < -0.39 is 21.9 Å². The molecular formula is C18H26N2O5S. The molecule has 1 aromatic carbocycles.